The van der Waals surface area contributed by atoms with Crippen molar-refractivity contribution >= 4 is 12.8 Å². The van der Waals surface area contributed by atoms with Crippen LogP contribution in [0.5, 0.6) is 0 Å². The minimum absolute atomic E-state index is 0.974. The molecule has 0 amide bonds. The van der Waals surface area contributed by atoms with Crippen LogP contribution >= 0.6 is 7.26 Å². The second kappa shape index (κ2) is 9.61. The Balaban J connectivity index is 1.88. The molecule has 2 aromatic rings. The van der Waals surface area contributed by atoms with Crippen molar-refractivity contribution in [3.8, 4) is 0 Å². The second-order valence-corrected chi connectivity index (χ2v) is 14.6. The maximum atomic E-state index is 2.79. The van der Waals surface area contributed by atoms with Gasteiger partial charge >= 0.3 is 179 Å². The van der Waals surface area contributed by atoms with Crippen LogP contribution in [0.1, 0.15) is 82.3 Å². The Morgan fingerprint density at radius 3 is 1.38 bits per heavy atom. The first-order valence-corrected chi connectivity index (χ1v) is 14.7. The summed E-state index contributed by atoms with van der Waals surface area (Å²) >= 11 is 0. The van der Waals surface area contributed by atoms with E-state index in [-0.39, 0.29) is 0 Å². The van der Waals surface area contributed by atoms with Crippen molar-refractivity contribution in [3.63, 3.8) is 0 Å². The van der Waals surface area contributed by atoms with Gasteiger partial charge in [0.25, 0.3) is 0 Å². The number of benzene rings is 2. The predicted octanol–water partition coefficient (Wildman–Crippen LogP) is 8.51. The molecule has 2 aromatic carbocycles. The van der Waals surface area contributed by atoms with E-state index in [0.29, 0.717) is 0 Å². The first kappa shape index (κ1) is 20.9. The van der Waals surface area contributed by atoms with Gasteiger partial charge in [0.1, 0.15) is 0 Å². The Kier molecular flexibility index (Phi) is 6.92. The van der Waals surface area contributed by atoms with Gasteiger partial charge in [0.05, 0.1) is 0 Å². The van der Waals surface area contributed by atoms with Gasteiger partial charge in [0.2, 0.25) is 0 Å². The molecule has 0 N–H and O–H groups in total. The van der Waals surface area contributed by atoms with E-state index in [0.717, 1.165) is 11.3 Å². The van der Waals surface area contributed by atoms with Crippen LogP contribution in [0.4, 0.5) is 0 Å². The van der Waals surface area contributed by atoms with E-state index in [9.17, 15) is 0 Å². The first-order chi connectivity index (χ1) is 14.2. The standard InChI is InChI=1S/C28H39P/c1-23(28(24-15-7-3-8-16-24)25-17-9-4-10-18-25)29(2,26-19-11-5-12-20-26)27-21-13-6-14-22-27/h3-4,7-10,15-18,26-27,29H,5-6,11-14,19-22H2,1-2H3. The van der Waals surface area contributed by atoms with E-state index < -0.39 is 7.26 Å². The van der Waals surface area contributed by atoms with Gasteiger partial charge in [0, 0.05) is 0 Å². The van der Waals surface area contributed by atoms with Crippen LogP contribution in [-0.2, 0) is 0 Å². The van der Waals surface area contributed by atoms with Crippen molar-refractivity contribution in [2.45, 2.75) is 82.4 Å². The summed E-state index contributed by atoms with van der Waals surface area (Å²) in [5, 5.41) is 1.79. The molecule has 0 unspecified atom stereocenters. The normalized spacial score (nSPS) is 19.7. The quantitative estimate of drug-likeness (QED) is 0.437. The molecule has 0 spiro atoms. The Hall–Kier alpha value is -1.39. The summed E-state index contributed by atoms with van der Waals surface area (Å²) in [7, 11) is -1.60. The van der Waals surface area contributed by atoms with E-state index in [1.165, 1.54) is 75.3 Å². The Morgan fingerprint density at radius 2 is 1.00 bits per heavy atom. The summed E-state index contributed by atoms with van der Waals surface area (Å²) in [5.41, 5.74) is 6.34. The number of allylic oxidation sites excluding steroid dienone is 1. The molecule has 0 nitrogen and oxygen atoms in total. The fourth-order valence-electron chi connectivity index (χ4n) is 6.43. The SMILES string of the molecule is CC(=C(c1ccccc1)c1ccccc1)[PH](C)(C1CCCCC1)C1CCCCC1. The number of rotatable bonds is 5. The third-order valence-corrected chi connectivity index (χ3v) is 14.6. The van der Waals surface area contributed by atoms with Crippen LogP contribution in [0.15, 0.2) is 66.0 Å². The molecule has 0 heterocycles. The molecule has 0 bridgehead atoms. The summed E-state index contributed by atoms with van der Waals surface area (Å²) in [4.78, 5) is 0. The van der Waals surface area contributed by atoms with Gasteiger partial charge in [-0.1, -0.05) is 0 Å². The summed E-state index contributed by atoms with van der Waals surface area (Å²) in [6.45, 7) is 5.34. The molecule has 2 aliphatic rings. The van der Waals surface area contributed by atoms with Gasteiger partial charge in [-0.15, -0.1) is 0 Å². The summed E-state index contributed by atoms with van der Waals surface area (Å²) in [6.07, 6.45) is 14.7. The molecule has 1 heteroatoms. The minimum atomic E-state index is -1.60. The Labute approximate surface area is 179 Å². The second-order valence-electron chi connectivity index (χ2n) is 9.68. The van der Waals surface area contributed by atoms with E-state index >= 15 is 0 Å². The molecular formula is C28H39P. The van der Waals surface area contributed by atoms with E-state index in [4.69, 9.17) is 0 Å². The molecule has 2 fully saturated rings. The zero-order valence-electron chi connectivity index (χ0n) is 18.5. The van der Waals surface area contributed by atoms with Crippen LogP contribution in [0.3, 0.4) is 0 Å². The molecule has 2 aliphatic carbocycles. The Morgan fingerprint density at radius 1 is 0.621 bits per heavy atom. The molecule has 4 rings (SSSR count). The van der Waals surface area contributed by atoms with Crippen LogP contribution < -0.4 is 0 Å². The van der Waals surface area contributed by atoms with Crippen LogP contribution in [-0.4, -0.2) is 18.0 Å². The summed E-state index contributed by atoms with van der Waals surface area (Å²) in [5.74, 6) is 0. The molecular weight excluding hydrogens is 367 g/mol. The van der Waals surface area contributed by atoms with Gasteiger partial charge < -0.3 is 0 Å². The van der Waals surface area contributed by atoms with Crippen molar-refractivity contribution < 1.29 is 0 Å². The third kappa shape index (κ3) is 4.39. The average Bonchev–Trinajstić information content (AvgIpc) is 2.81. The molecule has 2 saturated carbocycles. The Bertz CT molecular complexity index is 733. The topological polar surface area (TPSA) is 0 Å². The summed E-state index contributed by atoms with van der Waals surface area (Å²) < 4.78 is 0. The van der Waals surface area contributed by atoms with Crippen molar-refractivity contribution in [2.75, 3.05) is 6.66 Å². The zero-order chi connectivity index (χ0) is 20.1. The number of hydrogen-bond donors (Lipinski definition) is 0. The zero-order valence-corrected chi connectivity index (χ0v) is 19.5. The molecule has 0 radical (unpaired) electrons. The first-order valence-electron chi connectivity index (χ1n) is 12.0. The molecule has 156 valence electrons. The maximum absolute atomic E-state index is 2.79. The van der Waals surface area contributed by atoms with Crippen molar-refractivity contribution in [2.24, 2.45) is 0 Å². The van der Waals surface area contributed by atoms with Crippen molar-refractivity contribution in [3.05, 3.63) is 77.1 Å². The van der Waals surface area contributed by atoms with Crippen molar-refractivity contribution in [1.82, 2.24) is 0 Å². The van der Waals surface area contributed by atoms with Gasteiger partial charge in [0.15, 0.2) is 0 Å². The monoisotopic (exact) mass is 406 g/mol. The van der Waals surface area contributed by atoms with Gasteiger partial charge in [-0.25, -0.2) is 0 Å². The fourth-order valence-corrected chi connectivity index (χ4v) is 12.4. The van der Waals surface area contributed by atoms with E-state index in [2.05, 4.69) is 74.3 Å². The van der Waals surface area contributed by atoms with Crippen molar-refractivity contribution in [1.29, 1.82) is 0 Å². The molecule has 29 heavy (non-hydrogen) atoms. The van der Waals surface area contributed by atoms with Crippen LogP contribution in [0.2, 0.25) is 0 Å². The molecule has 0 saturated heterocycles. The third-order valence-electron chi connectivity index (χ3n) is 8.21. The van der Waals surface area contributed by atoms with Gasteiger partial charge in [-0.2, -0.15) is 0 Å². The van der Waals surface area contributed by atoms with Crippen LogP contribution in [0, 0.1) is 0 Å². The average molecular weight is 407 g/mol. The van der Waals surface area contributed by atoms with Gasteiger partial charge in [-0.3, -0.25) is 0 Å². The summed E-state index contributed by atoms with van der Waals surface area (Å²) in [6, 6.07) is 22.5. The molecule has 0 atom stereocenters. The molecule has 0 aliphatic heterocycles. The van der Waals surface area contributed by atoms with Gasteiger partial charge in [-0.05, 0) is 0 Å². The fraction of sp³-hybridized carbons (Fsp3) is 0.500. The van der Waals surface area contributed by atoms with E-state index in [1.807, 2.05) is 0 Å². The number of hydrogen-bond acceptors (Lipinski definition) is 0. The van der Waals surface area contributed by atoms with Crippen LogP contribution in [0.25, 0.3) is 5.57 Å². The predicted molar refractivity (Wildman–Crippen MR) is 133 cm³/mol. The van der Waals surface area contributed by atoms with E-state index in [1.54, 1.807) is 10.9 Å². The molecule has 0 aromatic heterocycles.